The molecule has 0 bridgehead atoms. The smallest absolute Gasteiger partial charge is 0.254 e. The molecule has 3 aromatic heterocycles. The molecule has 0 unspecified atom stereocenters. The van der Waals surface area contributed by atoms with Crippen molar-refractivity contribution in [1.29, 1.82) is 0 Å². The van der Waals surface area contributed by atoms with Crippen LogP contribution in [0.25, 0.3) is 22.2 Å². The quantitative estimate of drug-likeness (QED) is 0.392. The van der Waals surface area contributed by atoms with Crippen molar-refractivity contribution < 1.29 is 13.7 Å². The maximum atomic E-state index is 13.4. The van der Waals surface area contributed by atoms with E-state index in [9.17, 15) is 4.39 Å². The molecule has 1 aromatic carbocycles. The van der Waals surface area contributed by atoms with Gasteiger partial charge in [0, 0.05) is 41.9 Å². The van der Waals surface area contributed by atoms with Gasteiger partial charge in [0.2, 0.25) is 0 Å². The molecule has 0 saturated carbocycles. The molecule has 1 aliphatic rings. The minimum Gasteiger partial charge on any atom is -0.475 e. The molecule has 4 heterocycles. The van der Waals surface area contributed by atoms with Gasteiger partial charge >= 0.3 is 0 Å². The minimum atomic E-state index is -0.298. The maximum Gasteiger partial charge on any atom is 0.254 e. The lowest BCUT2D eigenvalue weighted by Crippen LogP contribution is -2.34. The maximum absolute atomic E-state index is 13.4. The van der Waals surface area contributed by atoms with Crippen molar-refractivity contribution in [1.82, 2.24) is 23.8 Å². The Morgan fingerprint density at radius 2 is 2.10 bits per heavy atom. The van der Waals surface area contributed by atoms with Crippen molar-refractivity contribution in [3.63, 3.8) is 0 Å². The molecular formula is C22H22FN5O2S. The Bertz CT molecular complexity index is 1140. The fraction of sp³-hybridized carbons (Fsp3) is 0.364. The fourth-order valence-electron chi connectivity index (χ4n) is 4.07. The van der Waals surface area contributed by atoms with E-state index in [4.69, 9.17) is 9.26 Å². The largest absolute Gasteiger partial charge is 0.475 e. The molecular weight excluding hydrogens is 417 g/mol. The number of fused-ring (bicyclic) bond motifs is 1. The first-order valence-electron chi connectivity index (χ1n) is 10.4. The van der Waals surface area contributed by atoms with Crippen LogP contribution in [-0.2, 0) is 0 Å². The summed E-state index contributed by atoms with van der Waals surface area (Å²) in [5, 5.41) is 5.15. The Balaban J connectivity index is 1.09. The van der Waals surface area contributed by atoms with E-state index in [1.165, 1.54) is 12.1 Å². The third-order valence-electron chi connectivity index (χ3n) is 5.69. The highest BCUT2D eigenvalue weighted by atomic mass is 32.1. The van der Waals surface area contributed by atoms with Gasteiger partial charge < -0.3 is 14.2 Å². The molecule has 31 heavy (non-hydrogen) atoms. The Hall–Kier alpha value is -2.91. The summed E-state index contributed by atoms with van der Waals surface area (Å²) >= 11 is 1.15. The Labute approximate surface area is 183 Å². The zero-order valence-electron chi connectivity index (χ0n) is 16.9. The van der Waals surface area contributed by atoms with Crippen molar-refractivity contribution in [3.8, 4) is 17.1 Å². The summed E-state index contributed by atoms with van der Waals surface area (Å²) in [6.45, 7) is 3.56. The highest BCUT2D eigenvalue weighted by Gasteiger charge is 2.25. The average Bonchev–Trinajstić information content (AvgIpc) is 3.44. The van der Waals surface area contributed by atoms with Gasteiger partial charge in [0.1, 0.15) is 11.5 Å². The molecule has 0 N–H and O–H groups in total. The number of hydrogen-bond donors (Lipinski definition) is 0. The Kier molecular flexibility index (Phi) is 5.86. The molecule has 1 saturated heterocycles. The monoisotopic (exact) mass is 439 g/mol. The van der Waals surface area contributed by atoms with E-state index in [1.54, 1.807) is 18.5 Å². The molecule has 9 heteroatoms. The number of rotatable bonds is 7. The van der Waals surface area contributed by atoms with E-state index >= 15 is 0 Å². The third kappa shape index (κ3) is 4.42. The number of pyridine rings is 1. The molecule has 160 valence electrons. The number of aromatic nitrogens is 4. The predicted molar refractivity (Wildman–Crippen MR) is 116 cm³/mol. The number of nitrogens with zero attached hydrogens (tertiary/aromatic N) is 5. The predicted octanol–water partition coefficient (Wildman–Crippen LogP) is 4.53. The summed E-state index contributed by atoms with van der Waals surface area (Å²) in [5.41, 5.74) is 3.14. The lowest BCUT2D eigenvalue weighted by atomic mass is 9.91. The number of benzene rings is 1. The molecule has 0 aliphatic carbocycles. The third-order valence-corrected chi connectivity index (χ3v) is 6.20. The first kappa shape index (κ1) is 20.0. The molecule has 0 radical (unpaired) electrons. The normalized spacial score (nSPS) is 15.5. The lowest BCUT2D eigenvalue weighted by Gasteiger charge is -2.31. The van der Waals surface area contributed by atoms with Crippen molar-refractivity contribution in [3.05, 3.63) is 54.2 Å². The van der Waals surface area contributed by atoms with Crippen LogP contribution in [0.2, 0.25) is 0 Å². The zero-order chi connectivity index (χ0) is 21.0. The second-order valence-corrected chi connectivity index (χ2v) is 8.21. The second-order valence-electron chi connectivity index (χ2n) is 7.69. The van der Waals surface area contributed by atoms with Gasteiger partial charge in [0.15, 0.2) is 5.58 Å². The lowest BCUT2D eigenvalue weighted by molar-refractivity contribution is 0.190. The Morgan fingerprint density at radius 3 is 2.94 bits per heavy atom. The topological polar surface area (TPSA) is 77.2 Å². The van der Waals surface area contributed by atoms with Crippen molar-refractivity contribution in [2.75, 3.05) is 26.2 Å². The van der Waals surface area contributed by atoms with Crippen LogP contribution >= 0.6 is 11.7 Å². The van der Waals surface area contributed by atoms with Crippen LogP contribution in [0, 0.1) is 5.82 Å². The van der Waals surface area contributed by atoms with Gasteiger partial charge in [-0.3, -0.25) is 4.98 Å². The van der Waals surface area contributed by atoms with E-state index in [-0.39, 0.29) is 5.82 Å². The average molecular weight is 440 g/mol. The number of ether oxygens (including phenoxy) is 1. The van der Waals surface area contributed by atoms with E-state index in [0.717, 1.165) is 73.0 Å². The summed E-state index contributed by atoms with van der Waals surface area (Å²) in [6.07, 6.45) is 6.45. The van der Waals surface area contributed by atoms with Gasteiger partial charge in [-0.15, -0.1) is 4.37 Å². The second kappa shape index (κ2) is 9.07. The summed E-state index contributed by atoms with van der Waals surface area (Å²) in [7, 11) is 0. The van der Waals surface area contributed by atoms with Crippen LogP contribution in [0.3, 0.4) is 0 Å². The van der Waals surface area contributed by atoms with Crippen LogP contribution < -0.4 is 4.74 Å². The molecule has 1 aliphatic heterocycles. The first-order valence-corrected chi connectivity index (χ1v) is 11.1. The van der Waals surface area contributed by atoms with E-state index in [2.05, 4.69) is 23.8 Å². The number of halogens is 1. The summed E-state index contributed by atoms with van der Waals surface area (Å²) in [6, 6.07) is 8.47. The van der Waals surface area contributed by atoms with Gasteiger partial charge in [-0.05, 0) is 56.6 Å². The van der Waals surface area contributed by atoms with E-state index in [0.29, 0.717) is 24.0 Å². The molecule has 0 atom stereocenters. The van der Waals surface area contributed by atoms with Gasteiger partial charge in [0.05, 0.1) is 24.0 Å². The number of hydrogen-bond acceptors (Lipinski definition) is 8. The van der Waals surface area contributed by atoms with Crippen molar-refractivity contribution in [2.24, 2.45) is 0 Å². The van der Waals surface area contributed by atoms with Crippen LogP contribution in [0.5, 0.6) is 5.88 Å². The standard InChI is InChI=1S/C22H22FN5O2S/c23-17-4-5-18-19(13-17)30-25-20(18)15-6-10-28(11-7-15)9-2-12-29-22-21(26-31-27-22)16-3-1-8-24-14-16/h1,3-5,8,13-15H,2,6-7,9-12H2. The van der Waals surface area contributed by atoms with E-state index in [1.807, 2.05) is 12.1 Å². The van der Waals surface area contributed by atoms with Crippen LogP contribution in [-0.4, -0.2) is 50.0 Å². The highest BCUT2D eigenvalue weighted by Crippen LogP contribution is 2.33. The van der Waals surface area contributed by atoms with Crippen LogP contribution in [0.1, 0.15) is 30.9 Å². The van der Waals surface area contributed by atoms with E-state index < -0.39 is 0 Å². The number of piperidine rings is 1. The van der Waals surface area contributed by atoms with Crippen molar-refractivity contribution in [2.45, 2.75) is 25.2 Å². The minimum absolute atomic E-state index is 0.298. The van der Waals surface area contributed by atoms with Gasteiger partial charge in [0.25, 0.3) is 5.88 Å². The molecule has 5 rings (SSSR count). The molecule has 4 aromatic rings. The molecule has 0 spiro atoms. The molecule has 7 nitrogen and oxygen atoms in total. The van der Waals surface area contributed by atoms with Crippen molar-refractivity contribution >= 4 is 22.7 Å². The van der Waals surface area contributed by atoms with Crippen LogP contribution in [0.15, 0.2) is 47.2 Å². The zero-order valence-corrected chi connectivity index (χ0v) is 17.7. The van der Waals surface area contributed by atoms with Crippen LogP contribution in [0.4, 0.5) is 4.39 Å². The van der Waals surface area contributed by atoms with Gasteiger partial charge in [-0.2, -0.15) is 4.37 Å². The summed E-state index contributed by atoms with van der Waals surface area (Å²) in [5.74, 6) is 0.626. The molecule has 0 amide bonds. The van der Waals surface area contributed by atoms with Gasteiger partial charge in [-0.25, -0.2) is 4.39 Å². The van der Waals surface area contributed by atoms with Gasteiger partial charge in [-0.1, -0.05) is 5.16 Å². The highest BCUT2D eigenvalue weighted by molar-refractivity contribution is 6.99. The summed E-state index contributed by atoms with van der Waals surface area (Å²) < 4.78 is 33.2. The Morgan fingerprint density at radius 1 is 1.19 bits per heavy atom. The number of likely N-dealkylation sites (tertiary alicyclic amines) is 1. The first-order chi connectivity index (χ1) is 15.3. The SMILES string of the molecule is Fc1ccc2c(C3CCN(CCCOc4nsnc4-c4cccnc4)CC3)noc2c1. The summed E-state index contributed by atoms with van der Waals surface area (Å²) in [4.78, 5) is 6.58. The fourth-order valence-corrected chi connectivity index (χ4v) is 4.59. The molecule has 1 fully saturated rings.